The lowest BCUT2D eigenvalue weighted by Gasteiger charge is -2.33. The van der Waals surface area contributed by atoms with E-state index in [1.165, 1.54) is 5.56 Å². The summed E-state index contributed by atoms with van der Waals surface area (Å²) in [6.07, 6.45) is 2.68. The summed E-state index contributed by atoms with van der Waals surface area (Å²) >= 11 is 0. The van der Waals surface area contributed by atoms with Crippen molar-refractivity contribution in [2.75, 3.05) is 25.0 Å². The predicted molar refractivity (Wildman–Crippen MR) is 142 cm³/mol. The van der Waals surface area contributed by atoms with Gasteiger partial charge in [0.15, 0.2) is 0 Å². The molecule has 2 fully saturated rings. The highest BCUT2D eigenvalue weighted by Crippen LogP contribution is 2.39. The molecule has 2 aliphatic heterocycles. The van der Waals surface area contributed by atoms with E-state index in [2.05, 4.69) is 17.4 Å². The maximum atomic E-state index is 14.0. The second-order valence-electron chi connectivity index (χ2n) is 11.7. The highest BCUT2D eigenvalue weighted by Gasteiger charge is 2.44. The minimum Gasteiger partial charge on any atom is -0.444 e. The van der Waals surface area contributed by atoms with Crippen LogP contribution in [0.25, 0.3) is 0 Å². The third kappa shape index (κ3) is 5.97. The average Bonchev–Trinajstić information content (AvgIpc) is 3.62. The molecule has 7 heteroatoms. The monoisotopic (exact) mass is 503 g/mol. The number of anilines is 1. The second kappa shape index (κ2) is 10.2. The minimum absolute atomic E-state index is 0.0268. The summed E-state index contributed by atoms with van der Waals surface area (Å²) in [6.45, 7) is 7.39. The van der Waals surface area contributed by atoms with Crippen LogP contribution in [0.5, 0.6) is 0 Å². The first kappa shape index (κ1) is 25.3. The molecule has 7 nitrogen and oxygen atoms in total. The van der Waals surface area contributed by atoms with Crippen molar-refractivity contribution < 1.29 is 19.1 Å². The van der Waals surface area contributed by atoms with Gasteiger partial charge in [0.05, 0.1) is 5.92 Å². The Balaban J connectivity index is 1.37. The molecule has 1 aliphatic carbocycles. The van der Waals surface area contributed by atoms with Gasteiger partial charge in [-0.3, -0.25) is 9.59 Å². The van der Waals surface area contributed by atoms with Crippen LogP contribution in [-0.4, -0.2) is 59.0 Å². The van der Waals surface area contributed by atoms with Gasteiger partial charge in [-0.2, -0.15) is 0 Å². The third-order valence-electron chi connectivity index (χ3n) is 7.57. The summed E-state index contributed by atoms with van der Waals surface area (Å²) in [6, 6.07) is 18.1. The lowest BCUT2D eigenvalue weighted by molar-refractivity contribution is -0.136. The van der Waals surface area contributed by atoms with Gasteiger partial charge in [0.1, 0.15) is 5.60 Å². The van der Waals surface area contributed by atoms with E-state index in [9.17, 15) is 14.4 Å². The van der Waals surface area contributed by atoms with Crippen LogP contribution >= 0.6 is 0 Å². The SMILES string of the molecule is CC(C)(C)OC(=O)N1C[C@@H](Cc2ccccc2)[C@H](CN(C(=O)C2CC(=O)Nc3ccccc32)C2CC2)C1. The van der Waals surface area contributed by atoms with Crippen LogP contribution in [0.15, 0.2) is 54.6 Å². The number of likely N-dealkylation sites (tertiary alicyclic amines) is 1. The summed E-state index contributed by atoms with van der Waals surface area (Å²) in [5.74, 6) is -0.219. The summed E-state index contributed by atoms with van der Waals surface area (Å²) in [5, 5.41) is 2.91. The molecule has 3 amide bonds. The molecule has 1 saturated heterocycles. The van der Waals surface area contributed by atoms with E-state index < -0.39 is 11.5 Å². The number of carbonyl (C=O) groups excluding carboxylic acids is 3. The number of nitrogens with zero attached hydrogens (tertiary/aromatic N) is 2. The van der Waals surface area contributed by atoms with Crippen molar-refractivity contribution in [3.63, 3.8) is 0 Å². The molecule has 37 heavy (non-hydrogen) atoms. The van der Waals surface area contributed by atoms with Gasteiger partial charge in [-0.05, 0) is 69.1 Å². The Morgan fingerprint density at radius 3 is 2.38 bits per heavy atom. The Labute approximate surface area is 219 Å². The van der Waals surface area contributed by atoms with Crippen molar-refractivity contribution in [3.8, 4) is 0 Å². The molecule has 196 valence electrons. The molecule has 1 saturated carbocycles. The van der Waals surface area contributed by atoms with Gasteiger partial charge in [0.2, 0.25) is 11.8 Å². The summed E-state index contributed by atoms with van der Waals surface area (Å²) in [7, 11) is 0. The number of amides is 3. The number of hydrogen-bond donors (Lipinski definition) is 1. The van der Waals surface area contributed by atoms with Gasteiger partial charge >= 0.3 is 6.09 Å². The Morgan fingerprint density at radius 2 is 1.68 bits per heavy atom. The third-order valence-corrected chi connectivity index (χ3v) is 7.57. The Bertz CT molecular complexity index is 1150. The molecule has 2 heterocycles. The second-order valence-corrected chi connectivity index (χ2v) is 11.7. The highest BCUT2D eigenvalue weighted by molar-refractivity contribution is 6.01. The average molecular weight is 504 g/mol. The predicted octanol–water partition coefficient (Wildman–Crippen LogP) is 4.83. The van der Waals surface area contributed by atoms with Crippen LogP contribution in [0.1, 0.15) is 57.1 Å². The highest BCUT2D eigenvalue weighted by atomic mass is 16.6. The fraction of sp³-hybridized carbons (Fsp3) is 0.500. The quantitative estimate of drug-likeness (QED) is 0.613. The molecule has 0 bridgehead atoms. The van der Waals surface area contributed by atoms with Crippen molar-refractivity contribution in [3.05, 3.63) is 65.7 Å². The summed E-state index contributed by atoms with van der Waals surface area (Å²) < 4.78 is 5.69. The van der Waals surface area contributed by atoms with E-state index in [1.54, 1.807) is 0 Å². The molecular formula is C30H37N3O4. The number of benzene rings is 2. The molecule has 2 aromatic carbocycles. The Kier molecular flexibility index (Phi) is 6.97. The fourth-order valence-electron chi connectivity index (χ4n) is 5.66. The van der Waals surface area contributed by atoms with E-state index in [-0.39, 0.29) is 42.2 Å². The molecule has 1 unspecified atom stereocenters. The number of carbonyl (C=O) groups is 3. The van der Waals surface area contributed by atoms with Crippen molar-refractivity contribution in [2.24, 2.45) is 11.8 Å². The van der Waals surface area contributed by atoms with Gasteiger partial charge in [-0.15, -0.1) is 0 Å². The molecular weight excluding hydrogens is 466 g/mol. The topological polar surface area (TPSA) is 79.0 Å². The zero-order valence-corrected chi connectivity index (χ0v) is 22.0. The Hall–Kier alpha value is -3.35. The van der Waals surface area contributed by atoms with Crippen molar-refractivity contribution in [1.82, 2.24) is 9.80 Å². The normalized spacial score (nSPS) is 23.3. The van der Waals surface area contributed by atoms with E-state index in [0.29, 0.717) is 19.6 Å². The standard InChI is InChI=1S/C30H37N3O4/c1-30(2,3)37-29(36)32-17-21(15-20-9-5-4-6-10-20)22(18-32)19-33(23-13-14-23)28(35)25-16-27(34)31-26-12-8-7-11-24(25)26/h4-12,21-23,25H,13-19H2,1-3H3,(H,31,34)/t21-,22+,25?/m1/s1. The van der Waals surface area contributed by atoms with Crippen LogP contribution in [0.3, 0.4) is 0 Å². The number of rotatable bonds is 6. The zero-order valence-electron chi connectivity index (χ0n) is 22.0. The van der Waals surface area contributed by atoms with Crippen LogP contribution in [0.4, 0.5) is 10.5 Å². The van der Waals surface area contributed by atoms with Crippen molar-refractivity contribution in [1.29, 1.82) is 0 Å². The maximum absolute atomic E-state index is 14.0. The first-order valence-corrected chi connectivity index (χ1v) is 13.4. The van der Waals surface area contributed by atoms with Crippen LogP contribution in [0, 0.1) is 11.8 Å². The van der Waals surface area contributed by atoms with Crippen LogP contribution < -0.4 is 5.32 Å². The van der Waals surface area contributed by atoms with Gasteiger partial charge < -0.3 is 19.9 Å². The molecule has 3 aliphatic rings. The van der Waals surface area contributed by atoms with Crippen molar-refractivity contribution in [2.45, 2.75) is 64.0 Å². The molecule has 2 aromatic rings. The molecule has 5 rings (SSSR count). The van der Waals surface area contributed by atoms with Gasteiger partial charge in [-0.1, -0.05) is 48.5 Å². The molecule has 3 atom stereocenters. The minimum atomic E-state index is -0.560. The largest absolute Gasteiger partial charge is 0.444 e. The number of ether oxygens (including phenoxy) is 1. The Morgan fingerprint density at radius 1 is 1.00 bits per heavy atom. The van der Waals surface area contributed by atoms with Crippen molar-refractivity contribution >= 4 is 23.6 Å². The van der Waals surface area contributed by atoms with E-state index in [1.807, 2.05) is 73.0 Å². The first-order chi connectivity index (χ1) is 17.7. The van der Waals surface area contributed by atoms with Gasteiger partial charge in [-0.25, -0.2) is 4.79 Å². The molecule has 0 spiro atoms. The van der Waals surface area contributed by atoms with Crippen LogP contribution in [0.2, 0.25) is 0 Å². The molecule has 0 aromatic heterocycles. The number of nitrogens with one attached hydrogen (secondary N) is 1. The van der Waals surface area contributed by atoms with Gasteiger partial charge in [0, 0.05) is 37.8 Å². The molecule has 1 N–H and O–H groups in total. The summed E-state index contributed by atoms with van der Waals surface area (Å²) in [5.41, 5.74) is 2.28. The van der Waals surface area contributed by atoms with E-state index in [0.717, 1.165) is 30.5 Å². The number of hydrogen-bond acceptors (Lipinski definition) is 4. The number of fused-ring (bicyclic) bond motifs is 1. The number of para-hydroxylation sites is 1. The zero-order chi connectivity index (χ0) is 26.2. The summed E-state index contributed by atoms with van der Waals surface area (Å²) in [4.78, 5) is 43.2. The van der Waals surface area contributed by atoms with Gasteiger partial charge in [0.25, 0.3) is 0 Å². The van der Waals surface area contributed by atoms with E-state index >= 15 is 0 Å². The van der Waals surface area contributed by atoms with Crippen LogP contribution in [-0.2, 0) is 20.7 Å². The lowest BCUT2D eigenvalue weighted by atomic mass is 9.87. The smallest absolute Gasteiger partial charge is 0.410 e. The lowest BCUT2D eigenvalue weighted by Crippen LogP contribution is -2.44. The fourth-order valence-corrected chi connectivity index (χ4v) is 5.66. The first-order valence-electron chi connectivity index (χ1n) is 13.4. The van der Waals surface area contributed by atoms with E-state index in [4.69, 9.17) is 4.74 Å². The molecule has 0 radical (unpaired) electrons. The maximum Gasteiger partial charge on any atom is 0.410 e.